The van der Waals surface area contributed by atoms with Crippen molar-refractivity contribution in [1.82, 2.24) is 0 Å². The molecular weight excluding hydrogens is 262 g/mol. The molecule has 0 aliphatic carbocycles. The van der Waals surface area contributed by atoms with Crippen molar-refractivity contribution in [1.29, 1.82) is 0 Å². The van der Waals surface area contributed by atoms with Gasteiger partial charge in [0.1, 0.15) is 13.2 Å². The Morgan fingerprint density at radius 2 is 1.80 bits per heavy atom. The highest BCUT2D eigenvalue weighted by Crippen LogP contribution is 2.13. The fourth-order valence-electron chi connectivity index (χ4n) is 1.57. The van der Waals surface area contributed by atoms with Gasteiger partial charge in [0.25, 0.3) is 5.91 Å². The van der Waals surface area contributed by atoms with Crippen molar-refractivity contribution in [3.63, 3.8) is 0 Å². The Bertz CT molecular complexity index is 421. The van der Waals surface area contributed by atoms with Gasteiger partial charge in [-0.15, -0.1) is 0 Å². The van der Waals surface area contributed by atoms with E-state index >= 15 is 0 Å². The molecule has 0 aromatic heterocycles. The van der Waals surface area contributed by atoms with E-state index in [1.165, 1.54) is 4.90 Å². The van der Waals surface area contributed by atoms with E-state index in [0.29, 0.717) is 25.5 Å². The van der Waals surface area contributed by atoms with Gasteiger partial charge in [0.05, 0.1) is 13.2 Å². The predicted molar refractivity (Wildman–Crippen MR) is 73.7 cm³/mol. The average molecular weight is 281 g/mol. The van der Waals surface area contributed by atoms with Crippen LogP contribution in [-0.4, -0.2) is 50.0 Å². The zero-order valence-corrected chi connectivity index (χ0v) is 11.4. The van der Waals surface area contributed by atoms with Crippen LogP contribution in [0, 0.1) is 0 Å². The third kappa shape index (κ3) is 5.81. The van der Waals surface area contributed by atoms with Crippen LogP contribution in [-0.2, 0) is 19.1 Å². The lowest BCUT2D eigenvalue weighted by atomic mass is 10.3. The van der Waals surface area contributed by atoms with Gasteiger partial charge in [0, 0.05) is 12.3 Å². The van der Waals surface area contributed by atoms with Crippen molar-refractivity contribution in [2.24, 2.45) is 0 Å². The molecule has 0 saturated heterocycles. The summed E-state index contributed by atoms with van der Waals surface area (Å²) in [5, 5.41) is 8.88. The van der Waals surface area contributed by atoms with Crippen LogP contribution < -0.4 is 4.90 Å². The summed E-state index contributed by atoms with van der Waals surface area (Å²) in [5.74, 6) is -1.47. The lowest BCUT2D eigenvalue weighted by Gasteiger charge is -2.20. The number of ether oxygens (including phenoxy) is 2. The van der Waals surface area contributed by atoms with E-state index in [9.17, 15) is 9.59 Å². The van der Waals surface area contributed by atoms with Crippen molar-refractivity contribution in [3.05, 3.63) is 30.3 Å². The molecule has 1 aromatic carbocycles. The van der Waals surface area contributed by atoms with Gasteiger partial charge in [-0.2, -0.15) is 0 Å². The van der Waals surface area contributed by atoms with Crippen LogP contribution in [0.25, 0.3) is 0 Å². The van der Waals surface area contributed by atoms with Gasteiger partial charge in [0.2, 0.25) is 0 Å². The summed E-state index contributed by atoms with van der Waals surface area (Å²) in [6.07, 6.45) is 0. The minimum Gasteiger partial charge on any atom is -0.480 e. The van der Waals surface area contributed by atoms with Gasteiger partial charge < -0.3 is 14.6 Å². The maximum Gasteiger partial charge on any atom is 0.323 e. The largest absolute Gasteiger partial charge is 0.480 e. The molecule has 0 saturated carbocycles. The number of carboxylic acids is 1. The standard InChI is InChI=1S/C14H19NO5/c1-2-19-8-9-20-11-13(16)15(10-14(17)18)12-6-4-3-5-7-12/h3-7H,2,8-11H2,1H3,(H,17,18). The molecule has 0 fully saturated rings. The predicted octanol–water partition coefficient (Wildman–Crippen LogP) is 1.16. The minimum absolute atomic E-state index is 0.171. The Morgan fingerprint density at radius 1 is 1.15 bits per heavy atom. The first kappa shape index (κ1) is 16.1. The lowest BCUT2D eigenvalue weighted by molar-refractivity contribution is -0.137. The highest BCUT2D eigenvalue weighted by Gasteiger charge is 2.18. The number of hydrogen-bond donors (Lipinski definition) is 1. The summed E-state index contributed by atoms with van der Waals surface area (Å²) < 4.78 is 10.3. The van der Waals surface area contributed by atoms with Gasteiger partial charge in [-0.05, 0) is 19.1 Å². The van der Waals surface area contributed by atoms with Gasteiger partial charge in [-0.1, -0.05) is 18.2 Å². The average Bonchev–Trinajstić information content (AvgIpc) is 2.45. The maximum atomic E-state index is 12.0. The monoisotopic (exact) mass is 281 g/mol. The number of carbonyl (C=O) groups is 2. The summed E-state index contributed by atoms with van der Waals surface area (Å²) in [6.45, 7) is 2.61. The Balaban J connectivity index is 2.55. The number of carbonyl (C=O) groups excluding carboxylic acids is 1. The number of aliphatic carboxylic acids is 1. The third-order valence-corrected chi connectivity index (χ3v) is 2.46. The molecule has 0 spiro atoms. The fourth-order valence-corrected chi connectivity index (χ4v) is 1.57. The van der Waals surface area contributed by atoms with Crippen molar-refractivity contribution in [2.75, 3.05) is 37.9 Å². The van der Waals surface area contributed by atoms with Crippen LogP contribution in [0.15, 0.2) is 30.3 Å². The molecule has 1 aromatic rings. The molecule has 0 atom stereocenters. The second-order valence-corrected chi connectivity index (χ2v) is 3.96. The topological polar surface area (TPSA) is 76.1 Å². The molecule has 110 valence electrons. The zero-order valence-electron chi connectivity index (χ0n) is 11.4. The van der Waals surface area contributed by atoms with Crippen LogP contribution in [0.1, 0.15) is 6.92 Å². The molecule has 0 aliphatic rings. The molecule has 1 N–H and O–H groups in total. The molecule has 6 nitrogen and oxygen atoms in total. The first-order valence-corrected chi connectivity index (χ1v) is 6.37. The summed E-state index contributed by atoms with van der Waals surface area (Å²) in [5.41, 5.74) is 0.535. The van der Waals surface area contributed by atoms with Crippen molar-refractivity contribution < 1.29 is 24.2 Å². The molecule has 6 heteroatoms. The molecule has 0 unspecified atom stereocenters. The number of benzene rings is 1. The second kappa shape index (κ2) is 9.06. The summed E-state index contributed by atoms with van der Waals surface area (Å²) in [6, 6.07) is 8.65. The second-order valence-electron chi connectivity index (χ2n) is 3.96. The lowest BCUT2D eigenvalue weighted by Crippen LogP contribution is -2.38. The van der Waals surface area contributed by atoms with Crippen molar-refractivity contribution >= 4 is 17.6 Å². The number of nitrogens with zero attached hydrogens (tertiary/aromatic N) is 1. The Kier molecular flexibility index (Phi) is 7.31. The van der Waals surface area contributed by atoms with E-state index < -0.39 is 18.4 Å². The number of anilines is 1. The normalized spacial score (nSPS) is 10.2. The van der Waals surface area contributed by atoms with E-state index in [-0.39, 0.29) is 6.61 Å². The van der Waals surface area contributed by atoms with Crippen molar-refractivity contribution in [2.45, 2.75) is 6.92 Å². The summed E-state index contributed by atoms with van der Waals surface area (Å²) in [4.78, 5) is 24.0. The highest BCUT2D eigenvalue weighted by molar-refractivity contribution is 5.98. The zero-order chi connectivity index (χ0) is 14.8. The number of para-hydroxylation sites is 1. The smallest absolute Gasteiger partial charge is 0.323 e. The summed E-state index contributed by atoms with van der Waals surface area (Å²) >= 11 is 0. The van der Waals surface area contributed by atoms with Crippen molar-refractivity contribution in [3.8, 4) is 0 Å². The molecule has 0 heterocycles. The Labute approximate surface area is 117 Å². The molecule has 1 amide bonds. The number of amides is 1. The maximum absolute atomic E-state index is 12.0. The van der Waals surface area contributed by atoms with Crippen LogP contribution in [0.4, 0.5) is 5.69 Å². The molecule has 20 heavy (non-hydrogen) atoms. The Morgan fingerprint density at radius 3 is 2.40 bits per heavy atom. The molecule has 0 radical (unpaired) electrons. The van der Waals surface area contributed by atoms with Gasteiger partial charge in [0.15, 0.2) is 0 Å². The molecule has 0 aliphatic heterocycles. The molecular formula is C14H19NO5. The first-order chi connectivity index (χ1) is 9.65. The molecule has 1 rings (SSSR count). The highest BCUT2D eigenvalue weighted by atomic mass is 16.5. The fraction of sp³-hybridized carbons (Fsp3) is 0.429. The van der Waals surface area contributed by atoms with E-state index in [2.05, 4.69) is 0 Å². The van der Waals surface area contributed by atoms with E-state index in [1.807, 2.05) is 6.92 Å². The number of carboxylic acid groups (broad SMARTS) is 1. The minimum atomic E-state index is -1.07. The quantitative estimate of drug-likeness (QED) is 0.687. The van der Waals surface area contributed by atoms with Crippen LogP contribution in [0.2, 0.25) is 0 Å². The Hall–Kier alpha value is -1.92. The first-order valence-electron chi connectivity index (χ1n) is 6.37. The van der Waals surface area contributed by atoms with Gasteiger partial charge in [-0.25, -0.2) is 0 Å². The van der Waals surface area contributed by atoms with Gasteiger partial charge in [-0.3, -0.25) is 14.5 Å². The van der Waals surface area contributed by atoms with Gasteiger partial charge >= 0.3 is 5.97 Å². The van der Waals surface area contributed by atoms with E-state index in [4.69, 9.17) is 14.6 Å². The van der Waals surface area contributed by atoms with Crippen LogP contribution in [0.5, 0.6) is 0 Å². The number of rotatable bonds is 9. The SMILES string of the molecule is CCOCCOCC(=O)N(CC(=O)O)c1ccccc1. The van der Waals surface area contributed by atoms with E-state index in [1.54, 1.807) is 30.3 Å². The van der Waals surface area contributed by atoms with Crippen LogP contribution in [0.3, 0.4) is 0 Å². The van der Waals surface area contributed by atoms with E-state index in [0.717, 1.165) is 0 Å². The summed E-state index contributed by atoms with van der Waals surface area (Å²) in [7, 11) is 0. The van der Waals surface area contributed by atoms with Crippen LogP contribution >= 0.6 is 0 Å². The molecule has 0 bridgehead atoms. The third-order valence-electron chi connectivity index (χ3n) is 2.46. The number of hydrogen-bond acceptors (Lipinski definition) is 4.